The van der Waals surface area contributed by atoms with E-state index >= 15 is 0 Å². The van der Waals surface area contributed by atoms with E-state index in [9.17, 15) is 9.59 Å². The number of benzene rings is 1. The molecule has 0 spiro atoms. The van der Waals surface area contributed by atoms with E-state index < -0.39 is 0 Å². The molecule has 0 saturated carbocycles. The zero-order valence-electron chi connectivity index (χ0n) is 14.0. The minimum absolute atomic E-state index is 0.152. The standard InChI is InChI=1S/C16H12BrN7O2S/c1-23-15-13(14(17)21-23)16(26)24(8-18-15)6-12(25)19-10-4-2-9(3-5-10)11-7-27-22-20-11/h2-5,7-8H,6H2,1H3,(H,19,25). The van der Waals surface area contributed by atoms with Crippen molar-refractivity contribution in [2.75, 3.05) is 5.32 Å². The first kappa shape index (κ1) is 17.5. The van der Waals surface area contributed by atoms with Gasteiger partial charge < -0.3 is 5.32 Å². The molecule has 0 bridgehead atoms. The molecule has 4 rings (SSSR count). The van der Waals surface area contributed by atoms with Crippen molar-refractivity contribution >= 4 is 50.1 Å². The number of hydrogen-bond acceptors (Lipinski definition) is 7. The van der Waals surface area contributed by atoms with Gasteiger partial charge in [0.2, 0.25) is 5.91 Å². The minimum atomic E-state index is -0.332. The van der Waals surface area contributed by atoms with E-state index in [0.29, 0.717) is 21.3 Å². The van der Waals surface area contributed by atoms with Gasteiger partial charge in [-0.25, -0.2) is 9.67 Å². The van der Waals surface area contributed by atoms with Crippen LogP contribution in [0, 0.1) is 0 Å². The number of halogens is 1. The molecule has 0 aliphatic carbocycles. The van der Waals surface area contributed by atoms with Crippen molar-refractivity contribution in [3.8, 4) is 11.3 Å². The molecule has 1 N–H and O–H groups in total. The van der Waals surface area contributed by atoms with Crippen LogP contribution >= 0.6 is 27.5 Å². The molecule has 1 aromatic carbocycles. The van der Waals surface area contributed by atoms with Gasteiger partial charge in [0.1, 0.15) is 28.6 Å². The highest BCUT2D eigenvalue weighted by Gasteiger charge is 2.15. The fourth-order valence-corrected chi connectivity index (χ4v) is 3.67. The van der Waals surface area contributed by atoms with Crippen LogP contribution in [0.5, 0.6) is 0 Å². The third kappa shape index (κ3) is 3.38. The fraction of sp³-hybridized carbons (Fsp3) is 0.125. The maximum absolute atomic E-state index is 12.6. The van der Waals surface area contributed by atoms with E-state index in [4.69, 9.17) is 0 Å². The van der Waals surface area contributed by atoms with Crippen LogP contribution in [-0.4, -0.2) is 34.8 Å². The summed E-state index contributed by atoms with van der Waals surface area (Å²) < 4.78 is 6.98. The van der Waals surface area contributed by atoms with Gasteiger partial charge in [0.05, 0.1) is 0 Å². The number of nitrogens with zero attached hydrogens (tertiary/aromatic N) is 6. The number of carbonyl (C=O) groups is 1. The maximum atomic E-state index is 12.6. The largest absolute Gasteiger partial charge is 0.325 e. The number of rotatable bonds is 4. The second-order valence-corrected chi connectivity index (χ2v) is 7.07. The number of anilines is 1. The van der Waals surface area contributed by atoms with Crippen molar-refractivity contribution in [3.05, 3.63) is 50.9 Å². The van der Waals surface area contributed by atoms with Gasteiger partial charge in [-0.2, -0.15) is 5.10 Å². The number of hydrogen-bond donors (Lipinski definition) is 1. The van der Waals surface area contributed by atoms with Crippen LogP contribution in [0.3, 0.4) is 0 Å². The van der Waals surface area contributed by atoms with Gasteiger partial charge in [-0.15, -0.1) is 5.10 Å². The molecule has 3 aromatic heterocycles. The maximum Gasteiger partial charge on any atom is 0.266 e. The highest BCUT2D eigenvalue weighted by molar-refractivity contribution is 9.10. The van der Waals surface area contributed by atoms with E-state index in [1.807, 2.05) is 17.5 Å². The summed E-state index contributed by atoms with van der Waals surface area (Å²) in [5.74, 6) is -0.332. The summed E-state index contributed by atoms with van der Waals surface area (Å²) in [4.78, 5) is 29.1. The minimum Gasteiger partial charge on any atom is -0.325 e. The SMILES string of the molecule is Cn1nc(Br)c2c(=O)n(CC(=O)Nc3ccc(-c4csnn4)cc3)cnc21. The molecule has 136 valence electrons. The summed E-state index contributed by atoms with van der Waals surface area (Å²) >= 11 is 4.53. The van der Waals surface area contributed by atoms with E-state index in [-0.39, 0.29) is 18.0 Å². The van der Waals surface area contributed by atoms with Gasteiger partial charge >= 0.3 is 0 Å². The Morgan fingerprint density at radius 2 is 2.07 bits per heavy atom. The molecular formula is C16H12BrN7O2S. The van der Waals surface area contributed by atoms with Crippen LogP contribution < -0.4 is 10.9 Å². The van der Waals surface area contributed by atoms with E-state index in [2.05, 4.69) is 40.9 Å². The fourth-order valence-electron chi connectivity index (χ4n) is 2.62. The third-order valence-corrected chi connectivity index (χ3v) is 4.97. The first-order valence-electron chi connectivity index (χ1n) is 7.78. The van der Waals surface area contributed by atoms with Crippen molar-refractivity contribution in [2.24, 2.45) is 7.05 Å². The highest BCUT2D eigenvalue weighted by atomic mass is 79.9. The Hall–Kier alpha value is -2.92. The van der Waals surface area contributed by atoms with Crippen molar-refractivity contribution in [1.29, 1.82) is 0 Å². The summed E-state index contributed by atoms with van der Waals surface area (Å²) in [5, 5.41) is 13.1. The summed E-state index contributed by atoms with van der Waals surface area (Å²) in [7, 11) is 1.70. The van der Waals surface area contributed by atoms with Gasteiger partial charge in [-0.3, -0.25) is 14.2 Å². The molecule has 27 heavy (non-hydrogen) atoms. The van der Waals surface area contributed by atoms with Crippen molar-refractivity contribution < 1.29 is 4.79 Å². The number of carbonyl (C=O) groups excluding carboxylic acids is 1. The van der Waals surface area contributed by atoms with Crippen LogP contribution in [0.4, 0.5) is 5.69 Å². The van der Waals surface area contributed by atoms with Gasteiger partial charge in [-0.05, 0) is 39.6 Å². The van der Waals surface area contributed by atoms with Crippen LogP contribution in [0.1, 0.15) is 0 Å². The average molecular weight is 446 g/mol. The zero-order chi connectivity index (χ0) is 19.0. The average Bonchev–Trinajstić information content (AvgIpc) is 3.27. The summed E-state index contributed by atoms with van der Waals surface area (Å²) in [6, 6.07) is 7.24. The lowest BCUT2D eigenvalue weighted by Gasteiger charge is -2.08. The molecule has 4 aromatic rings. The Morgan fingerprint density at radius 1 is 1.30 bits per heavy atom. The Kier molecular flexibility index (Phi) is 4.54. The van der Waals surface area contributed by atoms with Gasteiger partial charge in [0, 0.05) is 23.7 Å². The Balaban J connectivity index is 1.51. The Labute approximate surface area is 165 Å². The van der Waals surface area contributed by atoms with Crippen molar-refractivity contribution in [2.45, 2.75) is 6.54 Å². The topological polar surface area (TPSA) is 108 Å². The number of fused-ring (bicyclic) bond motifs is 1. The molecule has 0 unspecified atom stereocenters. The van der Waals surface area contributed by atoms with Crippen molar-refractivity contribution in [1.82, 2.24) is 28.9 Å². The monoisotopic (exact) mass is 445 g/mol. The Bertz CT molecular complexity index is 1180. The van der Waals surface area contributed by atoms with Gasteiger partial charge in [-0.1, -0.05) is 16.6 Å². The molecule has 1 amide bonds. The van der Waals surface area contributed by atoms with Crippen LogP contribution in [0.15, 0.2) is 45.4 Å². The predicted octanol–water partition coefficient (Wildman–Crippen LogP) is 2.05. The summed E-state index contributed by atoms with van der Waals surface area (Å²) in [6.45, 7) is -0.152. The molecule has 3 heterocycles. The van der Waals surface area contributed by atoms with E-state index in [1.54, 1.807) is 19.2 Å². The second-order valence-electron chi connectivity index (χ2n) is 5.71. The van der Waals surface area contributed by atoms with Crippen LogP contribution in [-0.2, 0) is 18.4 Å². The summed E-state index contributed by atoms with van der Waals surface area (Å²) in [6.07, 6.45) is 1.34. The normalized spacial score (nSPS) is 11.0. The smallest absolute Gasteiger partial charge is 0.266 e. The number of aryl methyl sites for hydroxylation is 1. The quantitative estimate of drug-likeness (QED) is 0.514. The van der Waals surface area contributed by atoms with Gasteiger partial charge in [0.25, 0.3) is 5.56 Å². The highest BCUT2D eigenvalue weighted by Crippen LogP contribution is 2.20. The van der Waals surface area contributed by atoms with Crippen molar-refractivity contribution in [3.63, 3.8) is 0 Å². The van der Waals surface area contributed by atoms with Crippen LogP contribution in [0.2, 0.25) is 0 Å². The molecule has 0 saturated heterocycles. The third-order valence-electron chi connectivity index (χ3n) is 3.91. The molecule has 0 fully saturated rings. The lowest BCUT2D eigenvalue weighted by molar-refractivity contribution is -0.116. The molecule has 0 aliphatic rings. The predicted molar refractivity (Wildman–Crippen MR) is 104 cm³/mol. The number of aromatic nitrogens is 6. The number of nitrogens with one attached hydrogen (secondary N) is 1. The summed E-state index contributed by atoms with van der Waals surface area (Å²) in [5.41, 5.74) is 2.44. The first-order valence-corrected chi connectivity index (χ1v) is 9.41. The zero-order valence-corrected chi connectivity index (χ0v) is 16.4. The van der Waals surface area contributed by atoms with Crippen LogP contribution in [0.25, 0.3) is 22.3 Å². The molecule has 9 nitrogen and oxygen atoms in total. The molecular weight excluding hydrogens is 434 g/mol. The lowest BCUT2D eigenvalue weighted by atomic mass is 10.1. The van der Waals surface area contributed by atoms with E-state index in [1.165, 1.54) is 27.1 Å². The first-order chi connectivity index (χ1) is 13.0. The molecule has 11 heteroatoms. The lowest BCUT2D eigenvalue weighted by Crippen LogP contribution is -2.28. The van der Waals surface area contributed by atoms with E-state index in [0.717, 1.165) is 11.3 Å². The molecule has 0 radical (unpaired) electrons. The second kappa shape index (κ2) is 7.00. The molecule has 0 atom stereocenters. The Morgan fingerprint density at radius 3 is 2.78 bits per heavy atom. The molecule has 0 aliphatic heterocycles. The van der Waals surface area contributed by atoms with Gasteiger partial charge in [0.15, 0.2) is 5.65 Å². The number of amides is 1.